The van der Waals surface area contributed by atoms with Gasteiger partial charge in [0.2, 0.25) is 0 Å². The Morgan fingerprint density at radius 3 is 2.71 bits per heavy atom. The van der Waals surface area contributed by atoms with E-state index < -0.39 is 0 Å². The first kappa shape index (κ1) is 17.2. The van der Waals surface area contributed by atoms with Gasteiger partial charge in [-0.1, -0.05) is 37.3 Å². The number of alkyl carbamates (subject to hydrolysis) is 1. The van der Waals surface area contributed by atoms with E-state index in [0.29, 0.717) is 24.6 Å². The summed E-state index contributed by atoms with van der Waals surface area (Å²) in [7, 11) is 2.19. The van der Waals surface area contributed by atoms with Gasteiger partial charge in [0, 0.05) is 24.7 Å². The normalized spacial score (nSPS) is 30.4. The number of benzene rings is 1. The third-order valence-electron chi connectivity index (χ3n) is 5.23. The number of ether oxygens (including phenoxy) is 1. The van der Waals surface area contributed by atoms with Gasteiger partial charge in [0.15, 0.2) is 0 Å². The van der Waals surface area contributed by atoms with Crippen molar-refractivity contribution in [3.63, 3.8) is 0 Å². The molecule has 1 aromatic carbocycles. The Kier molecular flexibility index (Phi) is 5.74. The van der Waals surface area contributed by atoms with Crippen LogP contribution in [0, 0.1) is 5.92 Å². The SMILES string of the molecule is CC1CN(C)CCC1NC1CC(NC(=O)OCc2ccccc2)C1. The molecule has 2 unspecified atom stereocenters. The summed E-state index contributed by atoms with van der Waals surface area (Å²) in [5, 5.41) is 6.73. The number of piperidine rings is 1. The van der Waals surface area contributed by atoms with Gasteiger partial charge in [-0.15, -0.1) is 0 Å². The molecule has 2 aliphatic rings. The molecule has 0 spiro atoms. The van der Waals surface area contributed by atoms with E-state index in [1.807, 2.05) is 30.3 Å². The van der Waals surface area contributed by atoms with E-state index >= 15 is 0 Å². The van der Waals surface area contributed by atoms with Crippen molar-refractivity contribution in [2.75, 3.05) is 20.1 Å². The van der Waals surface area contributed by atoms with E-state index in [4.69, 9.17) is 4.74 Å². The van der Waals surface area contributed by atoms with Gasteiger partial charge in [0.05, 0.1) is 0 Å². The summed E-state index contributed by atoms with van der Waals surface area (Å²) in [6, 6.07) is 11.1. The number of hydrogen-bond donors (Lipinski definition) is 2. The zero-order valence-electron chi connectivity index (χ0n) is 14.7. The van der Waals surface area contributed by atoms with Gasteiger partial charge in [-0.2, -0.15) is 0 Å². The molecule has 2 N–H and O–H groups in total. The average Bonchev–Trinajstić information content (AvgIpc) is 2.54. The summed E-state index contributed by atoms with van der Waals surface area (Å²) < 4.78 is 5.27. The molecule has 1 heterocycles. The first-order valence-electron chi connectivity index (χ1n) is 9.02. The van der Waals surface area contributed by atoms with Crippen molar-refractivity contribution in [1.82, 2.24) is 15.5 Å². The second-order valence-electron chi connectivity index (χ2n) is 7.37. The maximum absolute atomic E-state index is 11.8. The fourth-order valence-corrected chi connectivity index (χ4v) is 3.71. The molecule has 3 rings (SSSR count). The molecule has 1 amide bonds. The number of carbonyl (C=O) groups is 1. The molecule has 2 atom stereocenters. The van der Waals surface area contributed by atoms with E-state index in [1.165, 1.54) is 13.0 Å². The van der Waals surface area contributed by atoms with Crippen LogP contribution in [0.5, 0.6) is 0 Å². The van der Waals surface area contributed by atoms with Crippen LogP contribution in [0.15, 0.2) is 30.3 Å². The van der Waals surface area contributed by atoms with Gasteiger partial charge in [-0.05, 0) is 44.3 Å². The highest BCUT2D eigenvalue weighted by molar-refractivity contribution is 5.67. The fraction of sp³-hybridized carbons (Fsp3) is 0.632. The minimum atomic E-state index is -0.310. The summed E-state index contributed by atoms with van der Waals surface area (Å²) in [6.45, 7) is 4.98. The zero-order valence-corrected chi connectivity index (χ0v) is 14.7. The van der Waals surface area contributed by atoms with Gasteiger partial charge in [-0.25, -0.2) is 4.79 Å². The number of nitrogens with zero attached hydrogens (tertiary/aromatic N) is 1. The molecule has 5 nitrogen and oxygen atoms in total. The summed E-state index contributed by atoms with van der Waals surface area (Å²) in [5.41, 5.74) is 1.01. The Balaban J connectivity index is 1.31. The van der Waals surface area contributed by atoms with Crippen LogP contribution in [0.3, 0.4) is 0 Å². The predicted molar refractivity (Wildman–Crippen MR) is 94.8 cm³/mol. The number of nitrogens with one attached hydrogen (secondary N) is 2. The lowest BCUT2D eigenvalue weighted by atomic mass is 9.84. The highest BCUT2D eigenvalue weighted by Gasteiger charge is 2.34. The second kappa shape index (κ2) is 7.99. The number of hydrogen-bond acceptors (Lipinski definition) is 4. The van der Waals surface area contributed by atoms with Crippen molar-refractivity contribution in [2.45, 2.75) is 50.9 Å². The molecule has 5 heteroatoms. The quantitative estimate of drug-likeness (QED) is 0.870. The standard InChI is InChI=1S/C19H29N3O2/c1-14-12-22(2)9-8-18(14)20-16-10-17(11-16)21-19(23)24-13-15-6-4-3-5-7-15/h3-7,14,16-18,20H,8-13H2,1-2H3,(H,21,23). The monoisotopic (exact) mass is 331 g/mol. The van der Waals surface area contributed by atoms with Crippen molar-refractivity contribution >= 4 is 6.09 Å². The fourth-order valence-electron chi connectivity index (χ4n) is 3.71. The number of amides is 1. The third-order valence-corrected chi connectivity index (χ3v) is 5.23. The van der Waals surface area contributed by atoms with Crippen LogP contribution in [0.4, 0.5) is 4.79 Å². The molecule has 0 aromatic heterocycles. The Morgan fingerprint density at radius 2 is 2.00 bits per heavy atom. The first-order valence-corrected chi connectivity index (χ1v) is 9.02. The van der Waals surface area contributed by atoms with Gasteiger partial charge in [0.1, 0.15) is 6.61 Å². The van der Waals surface area contributed by atoms with Crippen LogP contribution in [-0.4, -0.2) is 49.3 Å². The van der Waals surface area contributed by atoms with Crippen LogP contribution in [0.1, 0.15) is 31.7 Å². The summed E-state index contributed by atoms with van der Waals surface area (Å²) in [4.78, 5) is 14.2. The molecule has 1 aliphatic heterocycles. The lowest BCUT2D eigenvalue weighted by molar-refractivity contribution is 0.115. The van der Waals surface area contributed by atoms with Gasteiger partial charge >= 0.3 is 6.09 Å². The van der Waals surface area contributed by atoms with E-state index in [2.05, 4.69) is 29.5 Å². The Morgan fingerprint density at radius 1 is 1.25 bits per heavy atom. The second-order valence-corrected chi connectivity index (χ2v) is 7.37. The summed E-state index contributed by atoms with van der Waals surface area (Å²) in [5.74, 6) is 0.687. The van der Waals surface area contributed by atoms with Crippen molar-refractivity contribution in [1.29, 1.82) is 0 Å². The smallest absolute Gasteiger partial charge is 0.407 e. The molecule has 1 aromatic rings. The molecule has 2 fully saturated rings. The van der Waals surface area contributed by atoms with Crippen molar-refractivity contribution < 1.29 is 9.53 Å². The topological polar surface area (TPSA) is 53.6 Å². The molecular formula is C19H29N3O2. The molecular weight excluding hydrogens is 302 g/mol. The minimum Gasteiger partial charge on any atom is -0.445 e. The van der Waals surface area contributed by atoms with E-state index in [1.54, 1.807) is 0 Å². The summed E-state index contributed by atoms with van der Waals surface area (Å²) >= 11 is 0. The Hall–Kier alpha value is -1.59. The first-order chi connectivity index (χ1) is 11.6. The molecule has 24 heavy (non-hydrogen) atoms. The van der Waals surface area contributed by atoms with Crippen LogP contribution >= 0.6 is 0 Å². The lowest BCUT2D eigenvalue weighted by Gasteiger charge is -2.42. The van der Waals surface area contributed by atoms with Crippen LogP contribution < -0.4 is 10.6 Å². The third kappa shape index (κ3) is 4.71. The highest BCUT2D eigenvalue weighted by Crippen LogP contribution is 2.24. The molecule has 1 saturated carbocycles. The molecule has 1 saturated heterocycles. The largest absolute Gasteiger partial charge is 0.445 e. The number of likely N-dealkylation sites (tertiary alicyclic amines) is 1. The molecule has 1 aliphatic carbocycles. The predicted octanol–water partition coefficient (Wildman–Crippen LogP) is 2.37. The summed E-state index contributed by atoms with van der Waals surface area (Å²) in [6.07, 6.45) is 2.90. The van der Waals surface area contributed by atoms with E-state index in [9.17, 15) is 4.79 Å². The number of carbonyl (C=O) groups excluding carboxylic acids is 1. The lowest BCUT2D eigenvalue weighted by Crippen LogP contribution is -2.58. The Labute approximate surface area is 144 Å². The van der Waals surface area contributed by atoms with Crippen molar-refractivity contribution in [3.05, 3.63) is 35.9 Å². The van der Waals surface area contributed by atoms with E-state index in [-0.39, 0.29) is 12.1 Å². The zero-order chi connectivity index (χ0) is 16.9. The highest BCUT2D eigenvalue weighted by atomic mass is 16.5. The minimum absolute atomic E-state index is 0.243. The number of rotatable bonds is 5. The van der Waals surface area contributed by atoms with Crippen LogP contribution in [0.25, 0.3) is 0 Å². The molecule has 0 radical (unpaired) electrons. The maximum Gasteiger partial charge on any atom is 0.407 e. The Bertz CT molecular complexity index is 531. The van der Waals surface area contributed by atoms with Gasteiger partial charge in [0.25, 0.3) is 0 Å². The molecule has 132 valence electrons. The van der Waals surface area contributed by atoms with Crippen molar-refractivity contribution in [2.24, 2.45) is 5.92 Å². The van der Waals surface area contributed by atoms with Gasteiger partial charge in [-0.3, -0.25) is 0 Å². The van der Waals surface area contributed by atoms with E-state index in [0.717, 1.165) is 24.9 Å². The van der Waals surface area contributed by atoms with Crippen LogP contribution in [0.2, 0.25) is 0 Å². The van der Waals surface area contributed by atoms with Crippen LogP contribution in [-0.2, 0) is 11.3 Å². The molecule has 0 bridgehead atoms. The maximum atomic E-state index is 11.8. The average molecular weight is 331 g/mol. The van der Waals surface area contributed by atoms with Crippen molar-refractivity contribution in [3.8, 4) is 0 Å². The van der Waals surface area contributed by atoms with Gasteiger partial charge < -0.3 is 20.3 Å².